The molecule has 0 atom stereocenters. The third kappa shape index (κ3) is 3.12. The van der Waals surface area contributed by atoms with E-state index in [2.05, 4.69) is 33.4 Å². The summed E-state index contributed by atoms with van der Waals surface area (Å²) in [6.45, 7) is 0.712. The van der Waals surface area contributed by atoms with Gasteiger partial charge in [0.05, 0.1) is 6.61 Å². The number of nitrogens with one attached hydrogen (secondary N) is 1. The average Bonchev–Trinajstić information content (AvgIpc) is 2.83. The highest BCUT2D eigenvalue weighted by Crippen LogP contribution is 2.30. The number of hydrogen-bond donors (Lipinski definition) is 3. The zero-order valence-corrected chi connectivity index (χ0v) is 13.2. The van der Waals surface area contributed by atoms with Crippen molar-refractivity contribution in [2.75, 3.05) is 6.61 Å². The summed E-state index contributed by atoms with van der Waals surface area (Å²) in [5, 5.41) is 23.0. The minimum Gasteiger partial charge on any atom is -0.508 e. The summed E-state index contributed by atoms with van der Waals surface area (Å²) in [5.74, 6) is 0.244. The lowest BCUT2D eigenvalue weighted by Gasteiger charge is -2.28. The lowest BCUT2D eigenvalue weighted by atomic mass is 9.96. The lowest BCUT2D eigenvalue weighted by Crippen LogP contribution is -2.49. The molecule has 0 aromatic heterocycles. The van der Waals surface area contributed by atoms with Crippen molar-refractivity contribution in [3.63, 3.8) is 0 Å². The molecule has 2 aromatic rings. The molecule has 1 aliphatic rings. The van der Waals surface area contributed by atoms with Gasteiger partial charge >= 0.3 is 0 Å². The molecule has 0 radical (unpaired) electrons. The summed E-state index contributed by atoms with van der Waals surface area (Å²) in [6.07, 6.45) is 1.67. The van der Waals surface area contributed by atoms with Gasteiger partial charge < -0.3 is 15.5 Å². The number of aliphatic hydroxyl groups excluding tert-OH is 1. The number of halogens is 1. The number of hydrogen-bond acceptors (Lipinski definition) is 3. The van der Waals surface area contributed by atoms with E-state index in [-0.39, 0.29) is 17.9 Å². The number of phenolic OH excluding ortho intramolecular Hbond substituents is 1. The number of phenols is 1. The maximum absolute atomic E-state index is 9.85. The van der Waals surface area contributed by atoms with E-state index in [1.54, 1.807) is 12.1 Å². The summed E-state index contributed by atoms with van der Waals surface area (Å²) in [4.78, 5) is 0. The average molecular weight is 348 g/mol. The Morgan fingerprint density at radius 1 is 1.10 bits per heavy atom. The van der Waals surface area contributed by atoms with Crippen LogP contribution in [0.25, 0.3) is 0 Å². The van der Waals surface area contributed by atoms with Gasteiger partial charge in [0, 0.05) is 16.6 Å². The molecule has 3 rings (SSSR count). The van der Waals surface area contributed by atoms with Crippen LogP contribution in [0, 0.1) is 0 Å². The topological polar surface area (TPSA) is 52.5 Å². The zero-order chi connectivity index (χ0) is 14.9. The summed E-state index contributed by atoms with van der Waals surface area (Å²) >= 11 is 3.38. The number of rotatable bonds is 4. The number of aromatic hydroxyl groups is 1. The predicted octanol–water partition coefficient (Wildman–Crippen LogP) is 2.77. The first-order chi connectivity index (χ1) is 10.1. The fourth-order valence-electron chi connectivity index (χ4n) is 3.01. The van der Waals surface area contributed by atoms with Crippen LogP contribution >= 0.6 is 15.9 Å². The van der Waals surface area contributed by atoms with Crippen molar-refractivity contribution < 1.29 is 10.2 Å². The van der Waals surface area contributed by atoms with Crippen molar-refractivity contribution in [2.24, 2.45) is 0 Å². The van der Waals surface area contributed by atoms with Crippen LogP contribution in [0.5, 0.6) is 5.75 Å². The van der Waals surface area contributed by atoms with Crippen molar-refractivity contribution in [2.45, 2.75) is 24.9 Å². The highest BCUT2D eigenvalue weighted by atomic mass is 79.9. The van der Waals surface area contributed by atoms with Gasteiger partial charge in [-0.1, -0.05) is 40.2 Å². The fraction of sp³-hybridized carbons (Fsp3) is 0.294. The number of benzene rings is 2. The lowest BCUT2D eigenvalue weighted by molar-refractivity contribution is 0.166. The zero-order valence-electron chi connectivity index (χ0n) is 11.6. The second-order valence-corrected chi connectivity index (χ2v) is 6.65. The van der Waals surface area contributed by atoms with Crippen LogP contribution in [0.4, 0.5) is 0 Å². The van der Waals surface area contributed by atoms with Crippen LogP contribution in [0.3, 0.4) is 0 Å². The maximum Gasteiger partial charge on any atom is 0.117 e. The van der Waals surface area contributed by atoms with Gasteiger partial charge in [-0.15, -0.1) is 0 Å². The number of aliphatic hydroxyl groups is 1. The fourth-order valence-corrected chi connectivity index (χ4v) is 3.54. The van der Waals surface area contributed by atoms with E-state index in [9.17, 15) is 10.2 Å². The summed E-state index contributed by atoms with van der Waals surface area (Å²) in [7, 11) is 0. The van der Waals surface area contributed by atoms with Gasteiger partial charge in [-0.25, -0.2) is 0 Å². The van der Waals surface area contributed by atoms with Gasteiger partial charge in [-0.05, 0) is 47.7 Å². The van der Waals surface area contributed by atoms with Gasteiger partial charge in [0.1, 0.15) is 5.75 Å². The molecule has 3 N–H and O–H groups in total. The predicted molar refractivity (Wildman–Crippen MR) is 86.3 cm³/mol. The Kier molecular flexibility index (Phi) is 4.02. The molecule has 0 saturated heterocycles. The minimum absolute atomic E-state index is 0.0989. The Balaban J connectivity index is 1.74. The van der Waals surface area contributed by atoms with Crippen LogP contribution < -0.4 is 5.32 Å². The van der Waals surface area contributed by atoms with Gasteiger partial charge in [-0.3, -0.25) is 0 Å². The quantitative estimate of drug-likeness (QED) is 0.797. The maximum atomic E-state index is 9.85. The van der Waals surface area contributed by atoms with Crippen molar-refractivity contribution in [3.05, 3.63) is 63.6 Å². The Morgan fingerprint density at radius 2 is 1.76 bits per heavy atom. The molecule has 3 nitrogen and oxygen atoms in total. The molecule has 4 heteroatoms. The highest BCUT2D eigenvalue weighted by Gasteiger charge is 2.35. The molecule has 21 heavy (non-hydrogen) atoms. The monoisotopic (exact) mass is 347 g/mol. The molecule has 1 aliphatic carbocycles. The molecule has 0 amide bonds. The van der Waals surface area contributed by atoms with Gasteiger partial charge in [0.2, 0.25) is 0 Å². The third-order valence-electron chi connectivity index (χ3n) is 4.09. The molecular formula is C17H18BrNO2. The van der Waals surface area contributed by atoms with Crippen molar-refractivity contribution in [3.8, 4) is 5.75 Å². The summed E-state index contributed by atoms with van der Waals surface area (Å²) < 4.78 is 0.854. The van der Waals surface area contributed by atoms with E-state index in [0.717, 1.165) is 22.9 Å². The van der Waals surface area contributed by atoms with Crippen LogP contribution in [-0.2, 0) is 19.4 Å². The first-order valence-corrected chi connectivity index (χ1v) is 7.81. The van der Waals surface area contributed by atoms with Crippen LogP contribution in [0.15, 0.2) is 46.9 Å². The van der Waals surface area contributed by atoms with Gasteiger partial charge in [0.15, 0.2) is 0 Å². The molecule has 0 unspecified atom stereocenters. The van der Waals surface area contributed by atoms with E-state index in [1.807, 2.05) is 18.2 Å². The first-order valence-electron chi connectivity index (χ1n) is 7.01. The smallest absolute Gasteiger partial charge is 0.117 e. The second kappa shape index (κ2) is 5.79. The Labute approximate surface area is 132 Å². The first kappa shape index (κ1) is 14.6. The van der Waals surface area contributed by atoms with Crippen LogP contribution in [0.2, 0.25) is 0 Å². The third-order valence-corrected chi connectivity index (χ3v) is 4.55. The van der Waals surface area contributed by atoms with Crippen molar-refractivity contribution >= 4 is 15.9 Å². The summed E-state index contributed by atoms with van der Waals surface area (Å²) in [6, 6.07) is 13.7. The Bertz CT molecular complexity index is 612. The molecule has 0 aliphatic heterocycles. The minimum atomic E-state index is -0.304. The van der Waals surface area contributed by atoms with Gasteiger partial charge in [-0.2, -0.15) is 0 Å². The molecule has 0 fully saturated rings. The van der Waals surface area contributed by atoms with E-state index >= 15 is 0 Å². The molecule has 0 bridgehead atoms. The number of fused-ring (bicyclic) bond motifs is 1. The van der Waals surface area contributed by atoms with E-state index < -0.39 is 0 Å². The SMILES string of the molecule is OCC1(NCc2cc(O)cc(Br)c2)Cc2ccccc2C1. The van der Waals surface area contributed by atoms with Crippen LogP contribution in [0.1, 0.15) is 16.7 Å². The van der Waals surface area contributed by atoms with Crippen molar-refractivity contribution in [1.82, 2.24) is 5.32 Å². The molecule has 2 aromatic carbocycles. The van der Waals surface area contributed by atoms with E-state index in [0.29, 0.717) is 6.54 Å². The van der Waals surface area contributed by atoms with Gasteiger partial charge in [0.25, 0.3) is 0 Å². The normalized spacial score (nSPS) is 15.9. The highest BCUT2D eigenvalue weighted by molar-refractivity contribution is 9.10. The van der Waals surface area contributed by atoms with Crippen molar-refractivity contribution in [1.29, 1.82) is 0 Å². The Morgan fingerprint density at radius 3 is 2.33 bits per heavy atom. The molecule has 0 heterocycles. The largest absolute Gasteiger partial charge is 0.508 e. The standard InChI is InChI=1S/C17H18BrNO2/c18-15-5-12(6-16(21)7-15)10-19-17(11-20)8-13-3-1-2-4-14(13)9-17/h1-7,19-21H,8-11H2. The molecule has 110 valence electrons. The van der Waals surface area contributed by atoms with E-state index in [1.165, 1.54) is 11.1 Å². The molecule has 0 spiro atoms. The second-order valence-electron chi connectivity index (χ2n) is 5.73. The van der Waals surface area contributed by atoms with E-state index in [4.69, 9.17) is 0 Å². The van der Waals surface area contributed by atoms with Crippen LogP contribution in [-0.4, -0.2) is 22.4 Å². The molecular weight excluding hydrogens is 330 g/mol. The molecule has 0 saturated carbocycles. The summed E-state index contributed by atoms with van der Waals surface area (Å²) in [5.41, 5.74) is 3.29. The Hall–Kier alpha value is -1.36.